The van der Waals surface area contributed by atoms with Gasteiger partial charge in [0.05, 0.1) is 17.9 Å². The van der Waals surface area contributed by atoms with Gasteiger partial charge < -0.3 is 10.4 Å². The van der Waals surface area contributed by atoms with Gasteiger partial charge in [-0.1, -0.05) is 29.8 Å². The number of carbonyl (C=O) groups excluding carboxylic acids is 1. The van der Waals surface area contributed by atoms with E-state index < -0.39 is 6.10 Å². The van der Waals surface area contributed by atoms with Gasteiger partial charge in [0.15, 0.2) is 0 Å². The van der Waals surface area contributed by atoms with Crippen molar-refractivity contribution in [3.05, 3.63) is 52.8 Å². The second kappa shape index (κ2) is 6.75. The maximum Gasteiger partial charge on any atom is 0.254 e. The van der Waals surface area contributed by atoms with Gasteiger partial charge in [-0.2, -0.15) is 5.10 Å². The Morgan fingerprint density at radius 3 is 2.45 bits per heavy atom. The van der Waals surface area contributed by atoms with Crippen molar-refractivity contribution in [2.45, 2.75) is 39.8 Å². The van der Waals surface area contributed by atoms with E-state index in [1.54, 1.807) is 6.20 Å². The van der Waals surface area contributed by atoms with E-state index in [4.69, 9.17) is 0 Å². The van der Waals surface area contributed by atoms with E-state index in [-0.39, 0.29) is 18.5 Å². The van der Waals surface area contributed by atoms with E-state index >= 15 is 0 Å². The minimum Gasteiger partial charge on any atom is -0.387 e. The highest BCUT2D eigenvalue weighted by Crippen LogP contribution is 2.15. The second-order valence-electron chi connectivity index (χ2n) is 5.82. The molecule has 2 N–H and O–H groups in total. The van der Waals surface area contributed by atoms with Crippen molar-refractivity contribution >= 4 is 5.91 Å². The summed E-state index contributed by atoms with van der Waals surface area (Å²) in [5, 5.41) is 17.1. The molecule has 1 amide bonds. The van der Waals surface area contributed by atoms with E-state index in [1.807, 2.05) is 56.6 Å². The van der Waals surface area contributed by atoms with Crippen LogP contribution < -0.4 is 5.32 Å². The number of aromatic nitrogens is 2. The molecular weight excluding hydrogens is 278 g/mol. The summed E-state index contributed by atoms with van der Waals surface area (Å²) in [4.78, 5) is 12.2. The van der Waals surface area contributed by atoms with Gasteiger partial charge in [-0.25, -0.2) is 0 Å². The molecule has 1 aromatic heterocycles. The molecule has 0 saturated heterocycles. The third-order valence-corrected chi connectivity index (χ3v) is 3.70. The first kappa shape index (κ1) is 16.2. The number of nitrogens with one attached hydrogen (secondary N) is 1. The fourth-order valence-electron chi connectivity index (χ4n) is 2.36. The maximum atomic E-state index is 12.2. The SMILES string of the molecule is Cc1ccc(C(O)CNC(=O)c2cnn(C(C)C)c2C)cc1. The summed E-state index contributed by atoms with van der Waals surface area (Å²) in [6, 6.07) is 7.83. The third-order valence-electron chi connectivity index (χ3n) is 3.70. The zero-order chi connectivity index (χ0) is 16.3. The van der Waals surface area contributed by atoms with Crippen LogP contribution in [0.5, 0.6) is 0 Å². The highest BCUT2D eigenvalue weighted by molar-refractivity contribution is 5.95. The van der Waals surface area contributed by atoms with Gasteiger partial charge in [0.1, 0.15) is 0 Å². The Labute approximate surface area is 131 Å². The zero-order valence-corrected chi connectivity index (χ0v) is 13.5. The smallest absolute Gasteiger partial charge is 0.254 e. The van der Waals surface area contributed by atoms with Crippen LogP contribution in [0.3, 0.4) is 0 Å². The molecule has 0 aliphatic carbocycles. The van der Waals surface area contributed by atoms with Crippen LogP contribution in [0.4, 0.5) is 0 Å². The fraction of sp³-hybridized carbons (Fsp3) is 0.412. The summed E-state index contributed by atoms with van der Waals surface area (Å²) in [7, 11) is 0. The van der Waals surface area contributed by atoms with Crippen molar-refractivity contribution in [1.29, 1.82) is 0 Å². The number of hydrogen-bond acceptors (Lipinski definition) is 3. The Balaban J connectivity index is 1.99. The van der Waals surface area contributed by atoms with Crippen LogP contribution >= 0.6 is 0 Å². The maximum absolute atomic E-state index is 12.2. The molecule has 0 spiro atoms. The predicted molar refractivity (Wildman–Crippen MR) is 85.8 cm³/mol. The van der Waals surface area contributed by atoms with Crippen molar-refractivity contribution in [2.24, 2.45) is 0 Å². The fourth-order valence-corrected chi connectivity index (χ4v) is 2.36. The van der Waals surface area contributed by atoms with Crippen molar-refractivity contribution < 1.29 is 9.90 Å². The summed E-state index contributed by atoms with van der Waals surface area (Å²) >= 11 is 0. The van der Waals surface area contributed by atoms with Gasteiger partial charge in [0.2, 0.25) is 0 Å². The predicted octanol–water partition coefficient (Wildman–Crippen LogP) is 2.54. The molecule has 0 bridgehead atoms. The van der Waals surface area contributed by atoms with Crippen molar-refractivity contribution in [1.82, 2.24) is 15.1 Å². The molecule has 1 heterocycles. The van der Waals surface area contributed by atoms with Crippen molar-refractivity contribution in [2.75, 3.05) is 6.54 Å². The third kappa shape index (κ3) is 3.54. The standard InChI is InChI=1S/C17H23N3O2/c1-11(2)20-13(4)15(9-19-20)17(22)18-10-16(21)14-7-5-12(3)6-8-14/h5-9,11,16,21H,10H2,1-4H3,(H,18,22). The Hall–Kier alpha value is -2.14. The molecule has 2 rings (SSSR count). The number of nitrogens with zero attached hydrogens (tertiary/aromatic N) is 2. The molecule has 0 aliphatic rings. The molecule has 118 valence electrons. The Kier molecular flexibility index (Phi) is 4.98. The monoisotopic (exact) mass is 301 g/mol. The largest absolute Gasteiger partial charge is 0.387 e. The number of aryl methyl sites for hydroxylation is 1. The van der Waals surface area contributed by atoms with Crippen LogP contribution in [0.1, 0.15) is 53.2 Å². The molecule has 0 aliphatic heterocycles. The zero-order valence-electron chi connectivity index (χ0n) is 13.5. The highest BCUT2D eigenvalue weighted by atomic mass is 16.3. The van der Waals surface area contributed by atoms with Gasteiger partial charge in [-0.05, 0) is 33.3 Å². The quantitative estimate of drug-likeness (QED) is 0.892. The van der Waals surface area contributed by atoms with E-state index in [0.717, 1.165) is 16.8 Å². The average Bonchev–Trinajstić information content (AvgIpc) is 2.87. The Bertz CT molecular complexity index is 644. The summed E-state index contributed by atoms with van der Waals surface area (Å²) in [5.74, 6) is -0.212. The molecule has 0 radical (unpaired) electrons. The molecule has 1 aromatic carbocycles. The van der Waals surface area contributed by atoms with E-state index in [2.05, 4.69) is 10.4 Å². The number of amides is 1. The first-order valence-corrected chi connectivity index (χ1v) is 7.47. The van der Waals surface area contributed by atoms with Crippen LogP contribution in [0.15, 0.2) is 30.5 Å². The lowest BCUT2D eigenvalue weighted by Crippen LogP contribution is -2.28. The molecule has 0 saturated carbocycles. The van der Waals surface area contributed by atoms with Crippen LogP contribution in [-0.2, 0) is 0 Å². The number of benzene rings is 1. The first-order valence-electron chi connectivity index (χ1n) is 7.47. The first-order chi connectivity index (χ1) is 10.4. The molecular formula is C17H23N3O2. The Morgan fingerprint density at radius 2 is 1.91 bits per heavy atom. The highest BCUT2D eigenvalue weighted by Gasteiger charge is 2.16. The molecule has 22 heavy (non-hydrogen) atoms. The van der Waals surface area contributed by atoms with Gasteiger partial charge in [0.25, 0.3) is 5.91 Å². The number of carbonyl (C=O) groups is 1. The summed E-state index contributed by atoms with van der Waals surface area (Å²) in [5.41, 5.74) is 3.30. The lowest BCUT2D eigenvalue weighted by Gasteiger charge is -2.13. The lowest BCUT2D eigenvalue weighted by molar-refractivity contribution is 0.0915. The van der Waals surface area contributed by atoms with Crippen LogP contribution in [0.2, 0.25) is 0 Å². The normalized spacial score (nSPS) is 12.5. The summed E-state index contributed by atoms with van der Waals surface area (Å²) in [6.45, 7) is 8.07. The lowest BCUT2D eigenvalue weighted by atomic mass is 10.1. The number of hydrogen-bond donors (Lipinski definition) is 2. The van der Waals surface area contributed by atoms with E-state index in [0.29, 0.717) is 5.56 Å². The molecule has 5 heteroatoms. The molecule has 1 atom stereocenters. The molecule has 1 unspecified atom stereocenters. The molecule has 5 nitrogen and oxygen atoms in total. The Morgan fingerprint density at radius 1 is 1.27 bits per heavy atom. The van der Waals surface area contributed by atoms with Gasteiger partial charge in [-0.3, -0.25) is 9.48 Å². The summed E-state index contributed by atoms with van der Waals surface area (Å²) in [6.07, 6.45) is 0.855. The topological polar surface area (TPSA) is 67.2 Å². The summed E-state index contributed by atoms with van der Waals surface area (Å²) < 4.78 is 1.81. The van der Waals surface area contributed by atoms with Gasteiger partial charge >= 0.3 is 0 Å². The number of rotatable bonds is 5. The van der Waals surface area contributed by atoms with Crippen molar-refractivity contribution in [3.63, 3.8) is 0 Å². The van der Waals surface area contributed by atoms with E-state index in [9.17, 15) is 9.90 Å². The second-order valence-corrected chi connectivity index (χ2v) is 5.82. The number of aliphatic hydroxyl groups excluding tert-OH is 1. The molecule has 0 fully saturated rings. The van der Waals surface area contributed by atoms with Gasteiger partial charge in [-0.15, -0.1) is 0 Å². The molecule has 2 aromatic rings. The van der Waals surface area contributed by atoms with Crippen LogP contribution in [0.25, 0.3) is 0 Å². The van der Waals surface area contributed by atoms with Crippen LogP contribution in [-0.4, -0.2) is 27.3 Å². The van der Waals surface area contributed by atoms with E-state index in [1.165, 1.54) is 0 Å². The minimum atomic E-state index is -0.718. The van der Waals surface area contributed by atoms with Crippen molar-refractivity contribution in [3.8, 4) is 0 Å². The minimum absolute atomic E-state index is 0.175. The number of aliphatic hydroxyl groups is 1. The average molecular weight is 301 g/mol. The van der Waals surface area contributed by atoms with Gasteiger partial charge in [0, 0.05) is 18.3 Å². The van der Waals surface area contributed by atoms with Crippen LogP contribution in [0, 0.1) is 13.8 Å².